The highest BCUT2D eigenvalue weighted by Gasteiger charge is 2.29. The van der Waals surface area contributed by atoms with Crippen molar-refractivity contribution in [3.63, 3.8) is 0 Å². The number of aromatic nitrogens is 2. The van der Waals surface area contributed by atoms with E-state index in [0.29, 0.717) is 12.3 Å². The summed E-state index contributed by atoms with van der Waals surface area (Å²) in [5.41, 5.74) is 6.11. The van der Waals surface area contributed by atoms with Crippen LogP contribution in [0.2, 0.25) is 0 Å². The zero-order valence-electron chi connectivity index (χ0n) is 13.7. The lowest BCUT2D eigenvalue weighted by molar-refractivity contribution is -0.132. The number of nitrogens with two attached hydrogens (primary N) is 1. The summed E-state index contributed by atoms with van der Waals surface area (Å²) in [6.07, 6.45) is 5.58. The molecular formula is C17H23N5OS. The molecule has 2 aromatic rings. The molecule has 1 aliphatic heterocycles. The number of carbonyl (C=O) groups excluding carboxylic acids is 1. The van der Waals surface area contributed by atoms with Crippen molar-refractivity contribution < 1.29 is 4.79 Å². The SMILES string of the molecule is N[C@@H]1CCC[C@H]1CC(=O)N1CCN(c2ncnc3sccc23)CC1. The van der Waals surface area contributed by atoms with E-state index in [9.17, 15) is 4.79 Å². The van der Waals surface area contributed by atoms with E-state index in [1.54, 1.807) is 17.7 Å². The molecule has 0 radical (unpaired) electrons. The average Bonchev–Trinajstić information content (AvgIpc) is 3.24. The molecule has 4 rings (SSSR count). The number of thiophene rings is 1. The van der Waals surface area contributed by atoms with E-state index in [4.69, 9.17) is 5.73 Å². The van der Waals surface area contributed by atoms with Gasteiger partial charge in [0, 0.05) is 38.6 Å². The average molecular weight is 345 g/mol. The second-order valence-electron chi connectivity index (χ2n) is 6.76. The van der Waals surface area contributed by atoms with Crippen LogP contribution in [-0.2, 0) is 4.79 Å². The van der Waals surface area contributed by atoms with Crippen LogP contribution < -0.4 is 10.6 Å². The summed E-state index contributed by atoms with van der Waals surface area (Å²) in [6.45, 7) is 3.17. The summed E-state index contributed by atoms with van der Waals surface area (Å²) in [7, 11) is 0. The Bertz CT molecular complexity index is 725. The van der Waals surface area contributed by atoms with Crippen LogP contribution in [0.25, 0.3) is 10.2 Å². The van der Waals surface area contributed by atoms with Gasteiger partial charge in [-0.2, -0.15) is 0 Å². The van der Waals surface area contributed by atoms with Crippen LogP contribution in [0, 0.1) is 5.92 Å². The fourth-order valence-electron chi connectivity index (χ4n) is 3.87. The first-order valence-corrected chi connectivity index (χ1v) is 9.57. The maximum atomic E-state index is 12.5. The summed E-state index contributed by atoms with van der Waals surface area (Å²) in [5.74, 6) is 1.63. The van der Waals surface area contributed by atoms with E-state index in [1.807, 2.05) is 10.3 Å². The first-order valence-electron chi connectivity index (χ1n) is 8.69. The molecule has 1 saturated heterocycles. The van der Waals surface area contributed by atoms with Crippen molar-refractivity contribution in [2.45, 2.75) is 31.7 Å². The molecule has 0 unspecified atom stereocenters. The molecule has 2 aliphatic rings. The molecule has 1 aliphatic carbocycles. The Kier molecular flexibility index (Phi) is 4.37. The van der Waals surface area contributed by atoms with Crippen LogP contribution in [0.15, 0.2) is 17.8 Å². The number of piperazine rings is 1. The van der Waals surface area contributed by atoms with E-state index in [-0.39, 0.29) is 11.9 Å². The van der Waals surface area contributed by atoms with E-state index in [0.717, 1.165) is 61.5 Å². The van der Waals surface area contributed by atoms with Crippen molar-refractivity contribution in [2.75, 3.05) is 31.1 Å². The molecule has 24 heavy (non-hydrogen) atoms. The normalized spacial score (nSPS) is 24.7. The Morgan fingerprint density at radius 1 is 1.25 bits per heavy atom. The molecule has 3 heterocycles. The third kappa shape index (κ3) is 2.98. The molecule has 0 bridgehead atoms. The molecule has 1 saturated carbocycles. The third-order valence-electron chi connectivity index (χ3n) is 5.33. The Labute approximate surface area is 145 Å². The number of fused-ring (bicyclic) bond motifs is 1. The minimum atomic E-state index is 0.211. The van der Waals surface area contributed by atoms with Gasteiger partial charge < -0.3 is 15.5 Å². The molecule has 0 spiro atoms. The van der Waals surface area contributed by atoms with Crippen LogP contribution >= 0.6 is 11.3 Å². The van der Waals surface area contributed by atoms with Gasteiger partial charge in [-0.15, -0.1) is 11.3 Å². The molecule has 7 heteroatoms. The molecule has 0 aromatic carbocycles. The van der Waals surface area contributed by atoms with Crippen LogP contribution in [0.1, 0.15) is 25.7 Å². The van der Waals surface area contributed by atoms with Gasteiger partial charge in [-0.25, -0.2) is 9.97 Å². The minimum absolute atomic E-state index is 0.211. The number of carbonyl (C=O) groups is 1. The lowest BCUT2D eigenvalue weighted by Crippen LogP contribution is -2.49. The Morgan fingerprint density at radius 2 is 2.08 bits per heavy atom. The van der Waals surface area contributed by atoms with E-state index < -0.39 is 0 Å². The molecule has 2 atom stereocenters. The highest BCUT2D eigenvalue weighted by Crippen LogP contribution is 2.29. The molecular weight excluding hydrogens is 322 g/mol. The van der Waals surface area contributed by atoms with Crippen molar-refractivity contribution in [2.24, 2.45) is 11.7 Å². The zero-order chi connectivity index (χ0) is 16.5. The summed E-state index contributed by atoms with van der Waals surface area (Å²) in [6, 6.07) is 2.29. The Balaban J connectivity index is 1.38. The van der Waals surface area contributed by atoms with Gasteiger partial charge in [0.15, 0.2) is 0 Å². The van der Waals surface area contributed by atoms with Gasteiger partial charge >= 0.3 is 0 Å². The quantitative estimate of drug-likeness (QED) is 0.919. The summed E-state index contributed by atoms with van der Waals surface area (Å²) in [4.78, 5) is 26.6. The number of hydrogen-bond acceptors (Lipinski definition) is 6. The molecule has 2 fully saturated rings. The van der Waals surface area contributed by atoms with Crippen LogP contribution in [0.3, 0.4) is 0 Å². The lowest BCUT2D eigenvalue weighted by atomic mass is 9.99. The highest BCUT2D eigenvalue weighted by molar-refractivity contribution is 7.16. The fraction of sp³-hybridized carbons (Fsp3) is 0.588. The standard InChI is InChI=1S/C17H23N5OS/c18-14-3-1-2-12(14)10-15(23)21-5-7-22(8-6-21)16-13-4-9-24-17(13)20-11-19-16/h4,9,11-12,14H,1-3,5-8,10,18H2/t12-,14+/m0/s1. The van der Waals surface area contributed by atoms with Crippen molar-refractivity contribution in [1.29, 1.82) is 0 Å². The van der Waals surface area contributed by atoms with Gasteiger partial charge in [-0.1, -0.05) is 6.42 Å². The van der Waals surface area contributed by atoms with Gasteiger partial charge in [0.2, 0.25) is 5.91 Å². The van der Waals surface area contributed by atoms with E-state index in [1.165, 1.54) is 0 Å². The van der Waals surface area contributed by atoms with Crippen LogP contribution in [-0.4, -0.2) is 53.0 Å². The van der Waals surface area contributed by atoms with Crippen LogP contribution in [0.4, 0.5) is 5.82 Å². The largest absolute Gasteiger partial charge is 0.352 e. The predicted octanol–water partition coefficient (Wildman–Crippen LogP) is 1.86. The monoisotopic (exact) mass is 345 g/mol. The zero-order valence-corrected chi connectivity index (χ0v) is 14.5. The van der Waals surface area contributed by atoms with Crippen LogP contribution in [0.5, 0.6) is 0 Å². The van der Waals surface area contributed by atoms with Gasteiger partial charge in [-0.05, 0) is 30.2 Å². The molecule has 6 nitrogen and oxygen atoms in total. The summed E-state index contributed by atoms with van der Waals surface area (Å²) < 4.78 is 0. The predicted molar refractivity (Wildman–Crippen MR) is 96.1 cm³/mol. The Morgan fingerprint density at radius 3 is 2.83 bits per heavy atom. The van der Waals surface area contributed by atoms with E-state index >= 15 is 0 Å². The smallest absolute Gasteiger partial charge is 0.223 e. The topological polar surface area (TPSA) is 75.4 Å². The maximum absolute atomic E-state index is 12.5. The number of anilines is 1. The Hall–Kier alpha value is -1.73. The first-order chi connectivity index (χ1) is 11.7. The number of rotatable bonds is 3. The van der Waals surface area contributed by atoms with Gasteiger partial charge in [-0.3, -0.25) is 4.79 Å². The maximum Gasteiger partial charge on any atom is 0.223 e. The number of hydrogen-bond donors (Lipinski definition) is 1. The lowest BCUT2D eigenvalue weighted by Gasteiger charge is -2.36. The molecule has 1 amide bonds. The minimum Gasteiger partial charge on any atom is -0.352 e. The third-order valence-corrected chi connectivity index (χ3v) is 6.15. The first kappa shape index (κ1) is 15.8. The van der Waals surface area contributed by atoms with Gasteiger partial charge in [0.1, 0.15) is 17.0 Å². The second kappa shape index (κ2) is 6.64. The molecule has 2 aromatic heterocycles. The number of nitrogens with zero attached hydrogens (tertiary/aromatic N) is 4. The summed E-state index contributed by atoms with van der Waals surface area (Å²) in [5, 5.41) is 3.16. The van der Waals surface area contributed by atoms with Gasteiger partial charge in [0.25, 0.3) is 0 Å². The molecule has 128 valence electrons. The summed E-state index contributed by atoms with van der Waals surface area (Å²) >= 11 is 1.63. The van der Waals surface area contributed by atoms with Crippen molar-refractivity contribution >= 4 is 33.3 Å². The fourth-order valence-corrected chi connectivity index (χ4v) is 4.60. The number of amides is 1. The van der Waals surface area contributed by atoms with Crippen molar-refractivity contribution in [3.05, 3.63) is 17.8 Å². The highest BCUT2D eigenvalue weighted by atomic mass is 32.1. The molecule has 2 N–H and O–H groups in total. The van der Waals surface area contributed by atoms with Gasteiger partial charge in [0.05, 0.1) is 5.39 Å². The van der Waals surface area contributed by atoms with Crippen molar-refractivity contribution in [3.8, 4) is 0 Å². The second-order valence-corrected chi connectivity index (χ2v) is 7.66. The van der Waals surface area contributed by atoms with Crippen molar-refractivity contribution in [1.82, 2.24) is 14.9 Å². The van der Waals surface area contributed by atoms with E-state index in [2.05, 4.69) is 20.9 Å².